The van der Waals surface area contributed by atoms with E-state index in [9.17, 15) is 0 Å². The molecule has 0 saturated heterocycles. The van der Waals surface area contributed by atoms with E-state index >= 15 is 0 Å². The van der Waals surface area contributed by atoms with Gasteiger partial charge in [-0.05, 0) is 26.0 Å². The van der Waals surface area contributed by atoms with Crippen molar-refractivity contribution in [3.63, 3.8) is 0 Å². The smallest absolute Gasteiger partial charge is 0.144 e. The Balaban J connectivity index is 1.97. The molecule has 0 aliphatic carbocycles. The number of anilines is 2. The van der Waals surface area contributed by atoms with Crippen molar-refractivity contribution in [3.05, 3.63) is 36.4 Å². The highest BCUT2D eigenvalue weighted by Gasteiger charge is 2.07. The van der Waals surface area contributed by atoms with Gasteiger partial charge < -0.3 is 20.4 Å². The van der Waals surface area contributed by atoms with Crippen molar-refractivity contribution < 1.29 is 4.74 Å². The van der Waals surface area contributed by atoms with Gasteiger partial charge in [-0.3, -0.25) is 0 Å². The largest absolute Gasteiger partial charge is 0.489 e. The highest BCUT2D eigenvalue weighted by atomic mass is 16.5. The van der Waals surface area contributed by atoms with Crippen LogP contribution in [0.1, 0.15) is 19.7 Å². The van der Waals surface area contributed by atoms with Crippen LogP contribution in [-0.4, -0.2) is 22.2 Å². The van der Waals surface area contributed by atoms with Crippen LogP contribution in [0.15, 0.2) is 30.6 Å². The fraction of sp³-hybridized carbons (Fsp3) is 0.400. The van der Waals surface area contributed by atoms with Crippen molar-refractivity contribution in [1.82, 2.24) is 9.55 Å². The molecule has 0 bridgehead atoms. The Bertz CT molecular complexity index is 563. The number of ether oxygens (including phenoxy) is 1. The molecule has 0 atom stereocenters. The minimum atomic E-state index is 0.111. The van der Waals surface area contributed by atoms with Gasteiger partial charge in [0.15, 0.2) is 0 Å². The van der Waals surface area contributed by atoms with Gasteiger partial charge in [0, 0.05) is 32.4 Å². The van der Waals surface area contributed by atoms with Crippen LogP contribution < -0.4 is 15.8 Å². The minimum absolute atomic E-state index is 0.111. The van der Waals surface area contributed by atoms with E-state index < -0.39 is 0 Å². The first-order chi connectivity index (χ1) is 9.58. The first-order valence-corrected chi connectivity index (χ1v) is 6.83. The second-order valence-corrected chi connectivity index (χ2v) is 5.02. The number of nitrogens with two attached hydrogens (primary N) is 1. The molecule has 108 valence electrons. The molecule has 2 rings (SSSR count). The third-order valence-corrected chi connectivity index (χ3v) is 3.01. The quantitative estimate of drug-likeness (QED) is 0.794. The fourth-order valence-electron chi connectivity index (χ4n) is 2.00. The van der Waals surface area contributed by atoms with Crippen LogP contribution in [0, 0.1) is 0 Å². The summed E-state index contributed by atoms with van der Waals surface area (Å²) in [5, 5.41) is 3.33. The van der Waals surface area contributed by atoms with Gasteiger partial charge in [-0.15, -0.1) is 0 Å². The first-order valence-electron chi connectivity index (χ1n) is 6.83. The van der Waals surface area contributed by atoms with Crippen molar-refractivity contribution in [1.29, 1.82) is 0 Å². The minimum Gasteiger partial charge on any atom is -0.489 e. The number of rotatable bonds is 6. The molecule has 0 aliphatic rings. The summed E-state index contributed by atoms with van der Waals surface area (Å²) in [7, 11) is 1.99. The van der Waals surface area contributed by atoms with E-state index in [-0.39, 0.29) is 6.10 Å². The van der Waals surface area contributed by atoms with Crippen molar-refractivity contribution in [2.75, 3.05) is 17.6 Å². The van der Waals surface area contributed by atoms with Gasteiger partial charge in [-0.25, -0.2) is 4.98 Å². The summed E-state index contributed by atoms with van der Waals surface area (Å²) in [5.74, 6) is 1.77. The maximum atomic E-state index is 6.11. The molecule has 0 radical (unpaired) electrons. The van der Waals surface area contributed by atoms with E-state index in [1.165, 1.54) is 0 Å². The molecular formula is C15H22N4O. The lowest BCUT2D eigenvalue weighted by molar-refractivity contribution is 0.244. The number of benzene rings is 1. The zero-order chi connectivity index (χ0) is 14.5. The summed E-state index contributed by atoms with van der Waals surface area (Å²) in [5.41, 5.74) is 7.67. The second kappa shape index (κ2) is 6.32. The molecule has 1 heterocycles. The Morgan fingerprint density at radius 2 is 2.20 bits per heavy atom. The molecule has 0 amide bonds. The summed E-state index contributed by atoms with van der Waals surface area (Å²) in [6.07, 6.45) is 4.71. The Morgan fingerprint density at radius 1 is 1.40 bits per heavy atom. The van der Waals surface area contributed by atoms with Crippen LogP contribution in [0.2, 0.25) is 0 Å². The van der Waals surface area contributed by atoms with Gasteiger partial charge in [0.25, 0.3) is 0 Å². The summed E-state index contributed by atoms with van der Waals surface area (Å²) >= 11 is 0. The topological polar surface area (TPSA) is 65.1 Å². The monoisotopic (exact) mass is 274 g/mol. The second-order valence-electron chi connectivity index (χ2n) is 5.02. The van der Waals surface area contributed by atoms with Gasteiger partial charge in [0.2, 0.25) is 0 Å². The van der Waals surface area contributed by atoms with E-state index in [1.54, 1.807) is 6.20 Å². The average molecular weight is 274 g/mol. The maximum absolute atomic E-state index is 6.11. The number of aryl methyl sites for hydroxylation is 1. The number of aromatic nitrogens is 2. The summed E-state index contributed by atoms with van der Waals surface area (Å²) in [6, 6.07) is 5.79. The Labute approximate surface area is 119 Å². The molecule has 0 spiro atoms. The van der Waals surface area contributed by atoms with Gasteiger partial charge in [-0.2, -0.15) is 0 Å². The molecule has 20 heavy (non-hydrogen) atoms. The summed E-state index contributed by atoms with van der Waals surface area (Å²) in [4.78, 5) is 4.29. The van der Waals surface area contributed by atoms with Gasteiger partial charge >= 0.3 is 0 Å². The Kier molecular flexibility index (Phi) is 4.50. The predicted molar refractivity (Wildman–Crippen MR) is 82.0 cm³/mol. The number of hydrogen-bond donors (Lipinski definition) is 2. The molecule has 5 heteroatoms. The van der Waals surface area contributed by atoms with Crippen molar-refractivity contribution in [2.24, 2.45) is 7.05 Å². The fourth-order valence-corrected chi connectivity index (χ4v) is 2.00. The molecule has 0 aliphatic heterocycles. The van der Waals surface area contributed by atoms with Crippen LogP contribution in [0.3, 0.4) is 0 Å². The molecule has 2 aromatic rings. The summed E-state index contributed by atoms with van der Waals surface area (Å²) in [6.45, 7) is 4.75. The van der Waals surface area contributed by atoms with E-state index in [1.807, 2.05) is 49.9 Å². The Morgan fingerprint density at radius 3 is 2.85 bits per heavy atom. The molecule has 0 saturated carbocycles. The lowest BCUT2D eigenvalue weighted by Crippen LogP contribution is -2.12. The first kappa shape index (κ1) is 14.2. The molecule has 1 aromatic carbocycles. The standard InChI is InChI=1S/C15H22N4O/c1-11(2)20-13-6-4-5-12(15(13)16)17-8-7-14-18-9-10-19(14)3/h4-6,9-11,17H,7-8,16H2,1-3H3. The van der Waals surface area contributed by atoms with Gasteiger partial charge in [-0.1, -0.05) is 6.07 Å². The van der Waals surface area contributed by atoms with Crippen LogP contribution in [0.25, 0.3) is 0 Å². The van der Waals surface area contributed by atoms with Gasteiger partial charge in [0.05, 0.1) is 17.5 Å². The number of imidazole rings is 1. The number of para-hydroxylation sites is 1. The third-order valence-electron chi connectivity index (χ3n) is 3.01. The predicted octanol–water partition coefficient (Wildman–Crippen LogP) is 2.44. The normalized spacial score (nSPS) is 10.8. The lowest BCUT2D eigenvalue weighted by atomic mass is 10.2. The molecule has 0 unspecified atom stereocenters. The van der Waals surface area contributed by atoms with Gasteiger partial charge in [0.1, 0.15) is 11.6 Å². The number of nitrogens with one attached hydrogen (secondary N) is 1. The van der Waals surface area contributed by atoms with E-state index in [0.717, 1.165) is 30.2 Å². The highest BCUT2D eigenvalue weighted by Crippen LogP contribution is 2.29. The average Bonchev–Trinajstić information content (AvgIpc) is 2.79. The Hall–Kier alpha value is -2.17. The van der Waals surface area contributed by atoms with Crippen molar-refractivity contribution in [2.45, 2.75) is 26.4 Å². The van der Waals surface area contributed by atoms with E-state index in [0.29, 0.717) is 5.69 Å². The van der Waals surface area contributed by atoms with Crippen molar-refractivity contribution in [3.8, 4) is 5.75 Å². The number of hydrogen-bond acceptors (Lipinski definition) is 4. The van der Waals surface area contributed by atoms with Crippen molar-refractivity contribution >= 4 is 11.4 Å². The zero-order valence-electron chi connectivity index (χ0n) is 12.3. The number of nitrogen functional groups attached to an aromatic ring is 1. The molecular weight excluding hydrogens is 252 g/mol. The van der Waals surface area contributed by atoms with E-state index in [2.05, 4.69) is 10.3 Å². The molecule has 5 nitrogen and oxygen atoms in total. The highest BCUT2D eigenvalue weighted by molar-refractivity contribution is 5.72. The van der Waals surface area contributed by atoms with Crippen LogP contribution >= 0.6 is 0 Å². The van der Waals surface area contributed by atoms with Crippen LogP contribution in [0.4, 0.5) is 11.4 Å². The molecule has 3 N–H and O–H groups in total. The maximum Gasteiger partial charge on any atom is 0.144 e. The lowest BCUT2D eigenvalue weighted by Gasteiger charge is -2.15. The molecule has 1 aromatic heterocycles. The van der Waals surface area contributed by atoms with Crippen LogP contribution in [-0.2, 0) is 13.5 Å². The zero-order valence-corrected chi connectivity index (χ0v) is 12.3. The SMILES string of the molecule is CC(C)Oc1cccc(NCCc2nccn2C)c1N. The third kappa shape index (κ3) is 3.44. The number of nitrogens with zero attached hydrogens (tertiary/aromatic N) is 2. The van der Waals surface area contributed by atoms with E-state index in [4.69, 9.17) is 10.5 Å². The van der Waals surface area contributed by atoms with Crippen LogP contribution in [0.5, 0.6) is 5.75 Å². The molecule has 0 fully saturated rings. The summed E-state index contributed by atoms with van der Waals surface area (Å²) < 4.78 is 7.69.